The Morgan fingerprint density at radius 2 is 1.71 bits per heavy atom. The molecule has 0 aromatic heterocycles. The number of esters is 1. The number of nitrogens with one attached hydrogen (secondary N) is 1. The molecule has 0 radical (unpaired) electrons. The number of ether oxygens (including phenoxy) is 2. The van der Waals surface area contributed by atoms with Gasteiger partial charge in [0, 0.05) is 0 Å². The second-order valence-electron chi connectivity index (χ2n) is 5.10. The molecule has 5 heteroatoms. The molecule has 1 N–H and O–H groups in total. The smallest absolute Gasteiger partial charge is 0.340 e. The van der Waals surface area contributed by atoms with Gasteiger partial charge in [-0.25, -0.2) is 4.79 Å². The van der Waals surface area contributed by atoms with Crippen LogP contribution in [0, 0.1) is 0 Å². The molecule has 0 fully saturated rings. The van der Waals surface area contributed by atoms with Crippen molar-refractivity contribution in [3.05, 3.63) is 59.7 Å². The van der Waals surface area contributed by atoms with Crippen molar-refractivity contribution < 1.29 is 19.1 Å². The number of hydrogen-bond donors (Lipinski definition) is 1. The fourth-order valence-electron chi connectivity index (χ4n) is 2.14. The second kappa shape index (κ2) is 8.72. The third-order valence-corrected chi connectivity index (χ3v) is 3.40. The Bertz CT molecular complexity index is 695. The summed E-state index contributed by atoms with van der Waals surface area (Å²) in [6.45, 7) is 3.95. The molecule has 126 valence electrons. The zero-order chi connectivity index (χ0) is 17.4. The van der Waals surface area contributed by atoms with Crippen molar-refractivity contribution in [2.45, 2.75) is 20.3 Å². The van der Waals surface area contributed by atoms with Gasteiger partial charge in [0.1, 0.15) is 5.75 Å². The van der Waals surface area contributed by atoms with Crippen LogP contribution in [0.4, 0.5) is 5.69 Å². The van der Waals surface area contributed by atoms with E-state index in [9.17, 15) is 9.59 Å². The number of hydrogen-bond acceptors (Lipinski definition) is 4. The van der Waals surface area contributed by atoms with Crippen molar-refractivity contribution in [1.82, 2.24) is 0 Å². The number of amides is 1. The summed E-state index contributed by atoms with van der Waals surface area (Å²) in [7, 11) is 0. The predicted molar refractivity (Wildman–Crippen MR) is 92.3 cm³/mol. The van der Waals surface area contributed by atoms with E-state index in [-0.39, 0.29) is 19.1 Å². The summed E-state index contributed by atoms with van der Waals surface area (Å²) in [5.74, 6) is -0.184. The van der Waals surface area contributed by atoms with Crippen LogP contribution < -0.4 is 10.1 Å². The molecule has 5 nitrogen and oxygen atoms in total. The number of rotatable bonds is 7. The molecule has 2 aromatic carbocycles. The Morgan fingerprint density at radius 3 is 2.38 bits per heavy atom. The van der Waals surface area contributed by atoms with Gasteiger partial charge in [-0.1, -0.05) is 31.2 Å². The maximum Gasteiger partial charge on any atom is 0.340 e. The average Bonchev–Trinajstić information content (AvgIpc) is 2.61. The normalized spacial score (nSPS) is 10.1. The van der Waals surface area contributed by atoms with Gasteiger partial charge in [0.05, 0.1) is 17.9 Å². The molecule has 0 spiro atoms. The molecule has 0 aliphatic heterocycles. The summed E-state index contributed by atoms with van der Waals surface area (Å²) in [6, 6.07) is 14.3. The van der Waals surface area contributed by atoms with Crippen LogP contribution >= 0.6 is 0 Å². The first-order valence-corrected chi connectivity index (χ1v) is 7.91. The molecule has 2 aromatic rings. The molecule has 0 bridgehead atoms. The van der Waals surface area contributed by atoms with E-state index in [1.165, 1.54) is 5.56 Å². The molecular weight excluding hydrogens is 306 g/mol. The SMILES string of the molecule is CCOC(=O)c1ccccc1NC(=O)COc1ccc(CC)cc1. The lowest BCUT2D eigenvalue weighted by atomic mass is 10.2. The quantitative estimate of drug-likeness (QED) is 0.791. The topological polar surface area (TPSA) is 64.6 Å². The molecule has 0 saturated carbocycles. The van der Waals surface area contributed by atoms with Crippen LogP contribution in [0.1, 0.15) is 29.8 Å². The molecule has 0 atom stereocenters. The third kappa shape index (κ3) is 4.84. The summed E-state index contributed by atoms with van der Waals surface area (Å²) in [5, 5.41) is 2.68. The van der Waals surface area contributed by atoms with Crippen LogP contribution in [0.15, 0.2) is 48.5 Å². The van der Waals surface area contributed by atoms with Crippen LogP contribution in [0.5, 0.6) is 5.75 Å². The van der Waals surface area contributed by atoms with E-state index in [1.54, 1.807) is 31.2 Å². The lowest BCUT2D eigenvalue weighted by molar-refractivity contribution is -0.118. The molecule has 0 saturated heterocycles. The number of anilines is 1. The highest BCUT2D eigenvalue weighted by Gasteiger charge is 2.14. The van der Waals surface area contributed by atoms with Gasteiger partial charge in [0.15, 0.2) is 6.61 Å². The van der Waals surface area contributed by atoms with Gasteiger partial charge in [0.25, 0.3) is 5.91 Å². The van der Waals surface area contributed by atoms with E-state index in [4.69, 9.17) is 9.47 Å². The average molecular weight is 327 g/mol. The van der Waals surface area contributed by atoms with Crippen LogP contribution in [-0.4, -0.2) is 25.1 Å². The van der Waals surface area contributed by atoms with Gasteiger partial charge in [-0.15, -0.1) is 0 Å². The Balaban J connectivity index is 1.95. The van der Waals surface area contributed by atoms with Crippen molar-refractivity contribution in [3.63, 3.8) is 0 Å². The van der Waals surface area contributed by atoms with E-state index in [2.05, 4.69) is 12.2 Å². The van der Waals surface area contributed by atoms with Gasteiger partial charge in [0.2, 0.25) is 0 Å². The fraction of sp³-hybridized carbons (Fsp3) is 0.263. The largest absolute Gasteiger partial charge is 0.484 e. The van der Waals surface area contributed by atoms with E-state index in [0.29, 0.717) is 17.0 Å². The number of benzene rings is 2. The molecule has 0 heterocycles. The first-order valence-electron chi connectivity index (χ1n) is 7.91. The van der Waals surface area contributed by atoms with Gasteiger partial charge >= 0.3 is 5.97 Å². The van der Waals surface area contributed by atoms with Crippen molar-refractivity contribution in [1.29, 1.82) is 0 Å². The number of carbonyl (C=O) groups excluding carboxylic acids is 2. The summed E-state index contributed by atoms with van der Waals surface area (Å²) in [6.07, 6.45) is 0.950. The number of aryl methyl sites for hydroxylation is 1. The second-order valence-corrected chi connectivity index (χ2v) is 5.10. The molecular formula is C19H21NO4. The lowest BCUT2D eigenvalue weighted by Gasteiger charge is -2.11. The van der Waals surface area contributed by atoms with E-state index in [0.717, 1.165) is 6.42 Å². The van der Waals surface area contributed by atoms with E-state index >= 15 is 0 Å². The fourth-order valence-corrected chi connectivity index (χ4v) is 2.14. The van der Waals surface area contributed by atoms with Crippen LogP contribution in [-0.2, 0) is 16.0 Å². The first kappa shape index (κ1) is 17.5. The standard InChI is InChI=1S/C19H21NO4/c1-3-14-9-11-15(12-10-14)24-13-18(21)20-17-8-6-5-7-16(17)19(22)23-4-2/h5-12H,3-4,13H2,1-2H3,(H,20,21). The van der Waals surface area contributed by atoms with Gasteiger partial charge in [-0.05, 0) is 43.2 Å². The highest BCUT2D eigenvalue weighted by molar-refractivity contribution is 6.01. The zero-order valence-electron chi connectivity index (χ0n) is 13.9. The summed E-state index contributed by atoms with van der Waals surface area (Å²) < 4.78 is 10.4. The lowest BCUT2D eigenvalue weighted by Crippen LogP contribution is -2.22. The maximum atomic E-state index is 12.1. The monoisotopic (exact) mass is 327 g/mol. The number of carbonyl (C=O) groups is 2. The highest BCUT2D eigenvalue weighted by atomic mass is 16.5. The Hall–Kier alpha value is -2.82. The summed E-state index contributed by atoms with van der Waals surface area (Å²) in [4.78, 5) is 23.9. The molecule has 1 amide bonds. The third-order valence-electron chi connectivity index (χ3n) is 3.40. The minimum absolute atomic E-state index is 0.136. The summed E-state index contributed by atoms with van der Waals surface area (Å²) in [5.41, 5.74) is 1.93. The van der Waals surface area contributed by atoms with Crippen molar-refractivity contribution in [2.75, 3.05) is 18.5 Å². The van der Waals surface area contributed by atoms with E-state index in [1.807, 2.05) is 24.3 Å². The molecule has 24 heavy (non-hydrogen) atoms. The van der Waals surface area contributed by atoms with Crippen molar-refractivity contribution >= 4 is 17.6 Å². The van der Waals surface area contributed by atoms with Gasteiger partial charge < -0.3 is 14.8 Å². The van der Waals surface area contributed by atoms with E-state index < -0.39 is 5.97 Å². The Morgan fingerprint density at radius 1 is 1.00 bits per heavy atom. The van der Waals surface area contributed by atoms with Crippen molar-refractivity contribution in [2.24, 2.45) is 0 Å². The minimum atomic E-state index is -0.468. The first-order chi connectivity index (χ1) is 11.6. The molecule has 0 aliphatic rings. The van der Waals surface area contributed by atoms with Crippen LogP contribution in [0.3, 0.4) is 0 Å². The molecule has 0 unspecified atom stereocenters. The zero-order valence-corrected chi connectivity index (χ0v) is 13.9. The predicted octanol–water partition coefficient (Wildman–Crippen LogP) is 3.44. The highest BCUT2D eigenvalue weighted by Crippen LogP contribution is 2.17. The Labute approximate surface area is 141 Å². The summed E-state index contributed by atoms with van der Waals surface area (Å²) >= 11 is 0. The Kier molecular flexibility index (Phi) is 6.37. The van der Waals surface area contributed by atoms with Gasteiger partial charge in [-0.2, -0.15) is 0 Å². The molecule has 0 aliphatic carbocycles. The van der Waals surface area contributed by atoms with Crippen LogP contribution in [0.2, 0.25) is 0 Å². The minimum Gasteiger partial charge on any atom is -0.484 e. The molecule has 2 rings (SSSR count). The van der Waals surface area contributed by atoms with Crippen molar-refractivity contribution in [3.8, 4) is 5.75 Å². The van der Waals surface area contributed by atoms with Gasteiger partial charge in [-0.3, -0.25) is 4.79 Å². The number of para-hydroxylation sites is 1. The maximum absolute atomic E-state index is 12.1. The van der Waals surface area contributed by atoms with Crippen LogP contribution in [0.25, 0.3) is 0 Å².